The van der Waals surface area contributed by atoms with E-state index in [9.17, 15) is 5.11 Å². The van der Waals surface area contributed by atoms with Gasteiger partial charge in [-0.15, -0.1) is 10.2 Å². The summed E-state index contributed by atoms with van der Waals surface area (Å²) in [5.74, 6) is 1.32. The molecular formula is C14H18N4O2. The zero-order valence-electron chi connectivity index (χ0n) is 11.4. The van der Waals surface area contributed by atoms with Crippen molar-refractivity contribution in [2.45, 2.75) is 37.8 Å². The predicted octanol–water partition coefficient (Wildman–Crippen LogP) is 1.82. The third-order valence-corrected chi connectivity index (χ3v) is 3.75. The van der Waals surface area contributed by atoms with E-state index in [1.165, 1.54) is 0 Å². The van der Waals surface area contributed by atoms with Crippen molar-refractivity contribution in [3.63, 3.8) is 0 Å². The van der Waals surface area contributed by atoms with Crippen LogP contribution in [-0.2, 0) is 0 Å². The summed E-state index contributed by atoms with van der Waals surface area (Å²) < 4.78 is 5.19. The van der Waals surface area contributed by atoms with Crippen LogP contribution in [0.25, 0.3) is 11.4 Å². The molecule has 1 aliphatic carbocycles. The molecule has 1 fully saturated rings. The van der Waals surface area contributed by atoms with E-state index in [1.807, 2.05) is 24.3 Å². The van der Waals surface area contributed by atoms with Crippen LogP contribution < -0.4 is 4.74 Å². The number of hydrogen-bond donors (Lipinski definition) is 1. The molecule has 1 heterocycles. The van der Waals surface area contributed by atoms with Crippen molar-refractivity contribution in [3.8, 4) is 17.1 Å². The van der Waals surface area contributed by atoms with Crippen LogP contribution in [0.15, 0.2) is 24.3 Å². The Balaban J connectivity index is 1.85. The Labute approximate surface area is 117 Å². The molecule has 6 nitrogen and oxygen atoms in total. The molecule has 6 heteroatoms. The summed E-state index contributed by atoms with van der Waals surface area (Å²) in [7, 11) is 1.63. The largest absolute Gasteiger partial charge is 0.497 e. The first-order chi connectivity index (χ1) is 9.78. The minimum atomic E-state index is -0.379. The first-order valence-electron chi connectivity index (χ1n) is 6.90. The van der Waals surface area contributed by atoms with Crippen molar-refractivity contribution in [1.29, 1.82) is 0 Å². The molecule has 2 atom stereocenters. The molecule has 0 unspecified atom stereocenters. The molecule has 0 aliphatic heterocycles. The van der Waals surface area contributed by atoms with Crippen molar-refractivity contribution < 1.29 is 9.84 Å². The predicted molar refractivity (Wildman–Crippen MR) is 73.3 cm³/mol. The average Bonchev–Trinajstić information content (AvgIpc) is 2.97. The molecule has 0 bridgehead atoms. The Morgan fingerprint density at radius 1 is 1.30 bits per heavy atom. The van der Waals surface area contributed by atoms with Crippen LogP contribution in [0.1, 0.15) is 31.7 Å². The lowest BCUT2D eigenvalue weighted by atomic mass is 9.93. The number of aromatic nitrogens is 4. The molecule has 106 valence electrons. The van der Waals surface area contributed by atoms with Crippen LogP contribution in [0.3, 0.4) is 0 Å². The Hall–Kier alpha value is -1.95. The molecule has 0 saturated heterocycles. The third-order valence-electron chi connectivity index (χ3n) is 3.75. The van der Waals surface area contributed by atoms with Crippen LogP contribution in [0.5, 0.6) is 5.75 Å². The van der Waals surface area contributed by atoms with Gasteiger partial charge in [-0.1, -0.05) is 25.0 Å². The van der Waals surface area contributed by atoms with Crippen LogP contribution in [0, 0.1) is 0 Å². The van der Waals surface area contributed by atoms with Gasteiger partial charge in [0.15, 0.2) is 0 Å². The van der Waals surface area contributed by atoms with Gasteiger partial charge in [0.05, 0.1) is 19.3 Å². The summed E-state index contributed by atoms with van der Waals surface area (Å²) in [5.41, 5.74) is 0.862. The standard InChI is InChI=1S/C14H18N4O2/c1-20-11-6-4-5-10(9-11)14-15-17-18(16-14)12-7-2-3-8-13(12)19/h4-6,9,12-13,19H,2-3,7-8H2,1H3/t12-,13-/m0/s1. The lowest BCUT2D eigenvalue weighted by molar-refractivity contribution is 0.0614. The molecule has 0 spiro atoms. The van der Waals surface area contributed by atoms with Gasteiger partial charge in [-0.05, 0) is 30.2 Å². The molecule has 0 radical (unpaired) electrons. The number of aliphatic hydroxyl groups is 1. The van der Waals surface area contributed by atoms with Crippen molar-refractivity contribution in [2.24, 2.45) is 0 Å². The van der Waals surface area contributed by atoms with Crippen LogP contribution in [0.2, 0.25) is 0 Å². The van der Waals surface area contributed by atoms with Gasteiger partial charge in [0, 0.05) is 5.56 Å². The van der Waals surface area contributed by atoms with E-state index < -0.39 is 0 Å². The molecular weight excluding hydrogens is 256 g/mol. The zero-order chi connectivity index (χ0) is 13.9. The van der Waals surface area contributed by atoms with Crippen molar-refractivity contribution in [2.75, 3.05) is 7.11 Å². The monoisotopic (exact) mass is 274 g/mol. The fourth-order valence-electron chi connectivity index (χ4n) is 2.60. The summed E-state index contributed by atoms with van der Waals surface area (Å²) in [6.45, 7) is 0. The summed E-state index contributed by atoms with van der Waals surface area (Å²) in [4.78, 5) is 1.55. The second-order valence-corrected chi connectivity index (χ2v) is 5.08. The molecule has 2 aromatic rings. The van der Waals surface area contributed by atoms with Gasteiger partial charge in [0.2, 0.25) is 5.82 Å². The number of nitrogens with zero attached hydrogens (tertiary/aromatic N) is 4. The minimum Gasteiger partial charge on any atom is -0.497 e. The number of rotatable bonds is 3. The molecule has 0 amide bonds. The molecule has 1 aromatic carbocycles. The molecule has 1 aromatic heterocycles. The van der Waals surface area contributed by atoms with Crippen LogP contribution in [-0.4, -0.2) is 38.5 Å². The van der Waals surface area contributed by atoms with Crippen molar-refractivity contribution >= 4 is 0 Å². The Morgan fingerprint density at radius 3 is 2.95 bits per heavy atom. The number of hydrogen-bond acceptors (Lipinski definition) is 5. The third kappa shape index (κ3) is 2.51. The summed E-state index contributed by atoms with van der Waals surface area (Å²) in [6.07, 6.45) is 3.49. The van der Waals surface area contributed by atoms with Gasteiger partial charge in [-0.25, -0.2) is 0 Å². The fraction of sp³-hybridized carbons (Fsp3) is 0.500. The van der Waals surface area contributed by atoms with Crippen molar-refractivity contribution in [3.05, 3.63) is 24.3 Å². The molecule has 20 heavy (non-hydrogen) atoms. The van der Waals surface area contributed by atoms with E-state index in [4.69, 9.17) is 4.74 Å². The number of ether oxygens (including phenoxy) is 1. The minimum absolute atomic E-state index is 0.0596. The maximum atomic E-state index is 10.0. The lowest BCUT2D eigenvalue weighted by Gasteiger charge is -2.25. The smallest absolute Gasteiger partial charge is 0.205 e. The number of methoxy groups -OCH3 is 1. The Bertz CT molecular complexity index is 584. The molecule has 1 N–H and O–H groups in total. The SMILES string of the molecule is COc1cccc(-c2nnn([C@H]3CCCC[C@@H]3O)n2)c1. The quantitative estimate of drug-likeness (QED) is 0.924. The van der Waals surface area contributed by atoms with Gasteiger partial charge in [0.25, 0.3) is 0 Å². The highest BCUT2D eigenvalue weighted by Gasteiger charge is 2.26. The van der Waals surface area contributed by atoms with Crippen LogP contribution in [0.4, 0.5) is 0 Å². The van der Waals surface area contributed by atoms with Gasteiger partial charge in [0.1, 0.15) is 5.75 Å². The zero-order valence-corrected chi connectivity index (χ0v) is 11.4. The summed E-state index contributed by atoms with van der Waals surface area (Å²) >= 11 is 0. The van der Waals surface area contributed by atoms with E-state index in [2.05, 4.69) is 15.4 Å². The Kier molecular flexibility index (Phi) is 3.64. The number of tetrazole rings is 1. The second-order valence-electron chi connectivity index (χ2n) is 5.08. The van der Waals surface area contributed by atoms with E-state index in [-0.39, 0.29) is 12.1 Å². The first-order valence-corrected chi connectivity index (χ1v) is 6.90. The maximum absolute atomic E-state index is 10.0. The fourth-order valence-corrected chi connectivity index (χ4v) is 2.60. The van der Waals surface area contributed by atoms with E-state index in [1.54, 1.807) is 11.9 Å². The first kappa shape index (κ1) is 13.1. The maximum Gasteiger partial charge on any atom is 0.205 e. The normalized spacial score (nSPS) is 22.7. The number of benzene rings is 1. The van der Waals surface area contributed by atoms with Gasteiger partial charge in [-0.3, -0.25) is 0 Å². The van der Waals surface area contributed by atoms with E-state index in [0.717, 1.165) is 37.0 Å². The topological polar surface area (TPSA) is 73.1 Å². The average molecular weight is 274 g/mol. The van der Waals surface area contributed by atoms with Crippen molar-refractivity contribution in [1.82, 2.24) is 20.2 Å². The second kappa shape index (κ2) is 5.58. The lowest BCUT2D eigenvalue weighted by Crippen LogP contribution is -2.29. The highest BCUT2D eigenvalue weighted by Crippen LogP contribution is 2.28. The number of aliphatic hydroxyl groups excluding tert-OH is 1. The Morgan fingerprint density at radius 2 is 2.15 bits per heavy atom. The molecule has 1 aliphatic rings. The molecule has 1 saturated carbocycles. The summed E-state index contributed by atoms with van der Waals surface area (Å²) in [6, 6.07) is 7.50. The van der Waals surface area contributed by atoms with E-state index >= 15 is 0 Å². The van der Waals surface area contributed by atoms with Crippen LogP contribution >= 0.6 is 0 Å². The summed E-state index contributed by atoms with van der Waals surface area (Å²) in [5, 5.41) is 22.6. The highest BCUT2D eigenvalue weighted by atomic mass is 16.5. The van der Waals surface area contributed by atoms with Gasteiger partial charge in [-0.2, -0.15) is 4.80 Å². The van der Waals surface area contributed by atoms with Gasteiger partial charge >= 0.3 is 0 Å². The van der Waals surface area contributed by atoms with E-state index in [0.29, 0.717) is 5.82 Å². The highest BCUT2D eigenvalue weighted by molar-refractivity contribution is 5.56. The molecule has 3 rings (SSSR count). The van der Waals surface area contributed by atoms with Gasteiger partial charge < -0.3 is 9.84 Å².